The molecule has 2 aromatic carbocycles. The minimum absolute atomic E-state index is 0.128. The Labute approximate surface area is 144 Å². The van der Waals surface area contributed by atoms with E-state index in [1.807, 2.05) is 36.4 Å². The minimum Gasteiger partial charge on any atom is -0.301 e. The lowest BCUT2D eigenvalue weighted by atomic mass is 9.84. The number of hydrogen-bond donors (Lipinski definition) is 0. The highest BCUT2D eigenvalue weighted by atomic mass is 16.2. The zero-order chi connectivity index (χ0) is 16.8. The highest BCUT2D eigenvalue weighted by Gasteiger charge is 2.44. The van der Waals surface area contributed by atoms with Crippen LogP contribution in [-0.2, 0) is 17.6 Å². The van der Waals surface area contributed by atoms with Crippen molar-refractivity contribution in [2.24, 2.45) is 4.99 Å². The second kappa shape index (κ2) is 7.43. The molecular weight excluding hydrogens is 296 g/mol. The van der Waals surface area contributed by atoms with Gasteiger partial charge < -0.3 is 4.90 Å². The van der Waals surface area contributed by atoms with E-state index in [1.165, 1.54) is 0 Å². The van der Waals surface area contributed by atoms with Crippen molar-refractivity contribution in [3.8, 4) is 0 Å². The zero-order valence-corrected chi connectivity index (χ0v) is 14.2. The molecule has 1 amide bonds. The fourth-order valence-corrected chi connectivity index (χ4v) is 3.22. The molecule has 0 radical (unpaired) electrons. The molecule has 0 unspecified atom stereocenters. The van der Waals surface area contributed by atoms with Gasteiger partial charge in [0.05, 0.1) is 6.34 Å². The van der Waals surface area contributed by atoms with Gasteiger partial charge in [-0.3, -0.25) is 9.79 Å². The van der Waals surface area contributed by atoms with Crippen LogP contribution in [0.1, 0.15) is 30.9 Å². The fraction of sp³-hybridized carbons (Fsp3) is 0.333. The van der Waals surface area contributed by atoms with Crippen LogP contribution in [0.4, 0.5) is 0 Å². The highest BCUT2D eigenvalue weighted by molar-refractivity contribution is 6.00. The van der Waals surface area contributed by atoms with E-state index in [0.717, 1.165) is 30.5 Å². The van der Waals surface area contributed by atoms with Crippen LogP contribution in [0.2, 0.25) is 0 Å². The maximum absolute atomic E-state index is 13.1. The number of carbonyl (C=O) groups excluding carboxylic acids is 1. The molecule has 3 nitrogen and oxygen atoms in total. The molecule has 0 fully saturated rings. The van der Waals surface area contributed by atoms with Crippen molar-refractivity contribution >= 4 is 12.2 Å². The lowest BCUT2D eigenvalue weighted by Crippen LogP contribution is -2.45. The lowest BCUT2D eigenvalue weighted by molar-refractivity contribution is -0.131. The maximum Gasteiger partial charge on any atom is 0.256 e. The number of benzene rings is 2. The summed E-state index contributed by atoms with van der Waals surface area (Å²) in [6.07, 6.45) is 5.11. The summed E-state index contributed by atoms with van der Waals surface area (Å²) >= 11 is 0. The molecular formula is C21H24N2O. The molecule has 3 rings (SSSR count). The Morgan fingerprint density at radius 1 is 0.917 bits per heavy atom. The second-order valence-electron chi connectivity index (χ2n) is 6.45. The van der Waals surface area contributed by atoms with E-state index in [0.29, 0.717) is 12.8 Å². The average Bonchev–Trinajstić information content (AvgIpc) is 2.91. The normalized spacial score (nSPS) is 15.9. The van der Waals surface area contributed by atoms with Crippen LogP contribution in [0.25, 0.3) is 0 Å². The molecule has 0 saturated heterocycles. The van der Waals surface area contributed by atoms with E-state index < -0.39 is 5.54 Å². The van der Waals surface area contributed by atoms with Crippen molar-refractivity contribution in [3.05, 3.63) is 71.8 Å². The monoisotopic (exact) mass is 320 g/mol. The molecule has 0 aromatic heterocycles. The Morgan fingerprint density at radius 2 is 1.46 bits per heavy atom. The Morgan fingerprint density at radius 3 is 1.96 bits per heavy atom. The number of rotatable bonds is 7. The van der Waals surface area contributed by atoms with Crippen LogP contribution in [-0.4, -0.2) is 29.2 Å². The predicted molar refractivity (Wildman–Crippen MR) is 98.1 cm³/mol. The smallest absolute Gasteiger partial charge is 0.256 e. The molecule has 0 N–H and O–H groups in total. The van der Waals surface area contributed by atoms with Gasteiger partial charge in [0.25, 0.3) is 5.91 Å². The summed E-state index contributed by atoms with van der Waals surface area (Å²) in [5.74, 6) is 0.128. The van der Waals surface area contributed by atoms with Crippen molar-refractivity contribution in [1.29, 1.82) is 0 Å². The molecule has 0 aliphatic carbocycles. The van der Waals surface area contributed by atoms with Crippen LogP contribution in [0.5, 0.6) is 0 Å². The third-order valence-corrected chi connectivity index (χ3v) is 4.53. The van der Waals surface area contributed by atoms with Crippen molar-refractivity contribution in [2.45, 2.75) is 38.1 Å². The summed E-state index contributed by atoms with van der Waals surface area (Å²) in [5, 5.41) is 0. The lowest BCUT2D eigenvalue weighted by Gasteiger charge is -2.26. The first-order valence-corrected chi connectivity index (χ1v) is 8.68. The number of hydrogen-bond acceptors (Lipinski definition) is 2. The van der Waals surface area contributed by atoms with Crippen molar-refractivity contribution in [1.82, 2.24) is 4.90 Å². The number of carbonyl (C=O) groups is 1. The molecule has 2 aromatic rings. The molecule has 0 bridgehead atoms. The summed E-state index contributed by atoms with van der Waals surface area (Å²) in [6, 6.07) is 20.4. The Bertz CT molecular complexity index is 653. The first-order valence-electron chi connectivity index (χ1n) is 8.68. The van der Waals surface area contributed by atoms with Gasteiger partial charge in [-0.05, 0) is 17.5 Å². The van der Waals surface area contributed by atoms with E-state index >= 15 is 0 Å². The van der Waals surface area contributed by atoms with Crippen LogP contribution < -0.4 is 0 Å². The molecule has 0 saturated carbocycles. The standard InChI is InChI=1S/C21H24N2O/c1-2-3-14-23-17-22-21(20(23)24,15-18-10-6-4-7-11-18)16-19-12-8-5-9-13-19/h4-13,17H,2-3,14-16H2,1H3. The fourth-order valence-electron chi connectivity index (χ4n) is 3.22. The second-order valence-corrected chi connectivity index (χ2v) is 6.45. The predicted octanol–water partition coefficient (Wildman–Crippen LogP) is 3.88. The minimum atomic E-state index is -0.712. The van der Waals surface area contributed by atoms with Gasteiger partial charge in [0, 0.05) is 19.4 Å². The molecule has 0 atom stereocenters. The Kier molecular flexibility index (Phi) is 5.09. The van der Waals surface area contributed by atoms with Gasteiger partial charge in [0.15, 0.2) is 0 Å². The zero-order valence-electron chi connectivity index (χ0n) is 14.2. The number of nitrogens with zero attached hydrogens (tertiary/aromatic N) is 2. The van der Waals surface area contributed by atoms with Gasteiger partial charge in [0.1, 0.15) is 5.54 Å². The quantitative estimate of drug-likeness (QED) is 0.762. The summed E-state index contributed by atoms with van der Waals surface area (Å²) in [7, 11) is 0. The number of aliphatic imine (C=N–C) groups is 1. The first kappa shape index (κ1) is 16.4. The largest absolute Gasteiger partial charge is 0.301 e. The third-order valence-electron chi connectivity index (χ3n) is 4.53. The highest BCUT2D eigenvalue weighted by Crippen LogP contribution is 2.29. The van der Waals surface area contributed by atoms with Crippen LogP contribution in [0, 0.1) is 0 Å². The van der Waals surface area contributed by atoms with Crippen LogP contribution in [0.3, 0.4) is 0 Å². The van der Waals surface area contributed by atoms with E-state index in [9.17, 15) is 4.79 Å². The Balaban J connectivity index is 1.87. The van der Waals surface area contributed by atoms with E-state index in [-0.39, 0.29) is 5.91 Å². The van der Waals surface area contributed by atoms with E-state index in [1.54, 1.807) is 11.2 Å². The molecule has 124 valence electrons. The van der Waals surface area contributed by atoms with Crippen molar-refractivity contribution < 1.29 is 4.79 Å². The molecule has 24 heavy (non-hydrogen) atoms. The van der Waals surface area contributed by atoms with Crippen molar-refractivity contribution in [3.63, 3.8) is 0 Å². The van der Waals surface area contributed by atoms with Gasteiger partial charge in [0.2, 0.25) is 0 Å². The number of unbranched alkanes of at least 4 members (excludes halogenated alkanes) is 1. The first-order chi connectivity index (χ1) is 11.7. The van der Waals surface area contributed by atoms with Crippen LogP contribution >= 0.6 is 0 Å². The molecule has 3 heteroatoms. The summed E-state index contributed by atoms with van der Waals surface area (Å²) in [5.41, 5.74) is 1.59. The SMILES string of the molecule is CCCCN1C=NC(Cc2ccccc2)(Cc2ccccc2)C1=O. The van der Waals surface area contributed by atoms with Crippen LogP contribution in [0.15, 0.2) is 65.7 Å². The summed E-state index contributed by atoms with van der Waals surface area (Å²) in [6.45, 7) is 2.89. The summed E-state index contributed by atoms with van der Waals surface area (Å²) in [4.78, 5) is 19.7. The number of amides is 1. The topological polar surface area (TPSA) is 32.7 Å². The van der Waals surface area contributed by atoms with Gasteiger partial charge in [-0.15, -0.1) is 0 Å². The molecule has 1 aliphatic heterocycles. The van der Waals surface area contributed by atoms with Gasteiger partial charge in [-0.1, -0.05) is 74.0 Å². The third kappa shape index (κ3) is 3.56. The Hall–Kier alpha value is -2.42. The molecule has 1 aliphatic rings. The molecule has 1 heterocycles. The van der Waals surface area contributed by atoms with Gasteiger partial charge >= 0.3 is 0 Å². The van der Waals surface area contributed by atoms with Crippen molar-refractivity contribution in [2.75, 3.05) is 6.54 Å². The van der Waals surface area contributed by atoms with E-state index in [4.69, 9.17) is 4.99 Å². The molecule has 0 spiro atoms. The summed E-state index contributed by atoms with van der Waals surface area (Å²) < 4.78 is 0. The van der Waals surface area contributed by atoms with E-state index in [2.05, 4.69) is 31.2 Å². The average molecular weight is 320 g/mol. The van der Waals surface area contributed by atoms with Gasteiger partial charge in [-0.25, -0.2) is 0 Å². The van der Waals surface area contributed by atoms with Gasteiger partial charge in [-0.2, -0.15) is 0 Å². The maximum atomic E-state index is 13.1.